The topological polar surface area (TPSA) is 104 Å². The largest absolute Gasteiger partial charge is 0.478 e. The van der Waals surface area contributed by atoms with E-state index in [2.05, 4.69) is 5.32 Å². The van der Waals surface area contributed by atoms with Crippen LogP contribution < -0.4 is 5.32 Å². The Morgan fingerprint density at radius 3 is 2.25 bits per heavy atom. The van der Waals surface area contributed by atoms with Crippen LogP contribution in [0.1, 0.15) is 62.2 Å². The molecule has 0 aromatic heterocycles. The van der Waals surface area contributed by atoms with Gasteiger partial charge in [0.25, 0.3) is 17.7 Å². The fourth-order valence-electron chi connectivity index (χ4n) is 2.99. The number of hydrogen-bond donors (Lipinski definition) is 2. The molecule has 0 unspecified atom stereocenters. The highest BCUT2D eigenvalue weighted by Gasteiger charge is 2.42. The molecule has 28 heavy (non-hydrogen) atoms. The predicted molar refractivity (Wildman–Crippen MR) is 111 cm³/mol. The number of fused-ring (bicyclic) bond motifs is 1. The summed E-state index contributed by atoms with van der Waals surface area (Å²) in [5.41, 5.74) is -0.00689. The summed E-state index contributed by atoms with van der Waals surface area (Å²) in [6.07, 6.45) is 0. The number of carbonyl (C=O) groups excluding carboxylic acids is 3. The predicted octanol–water partition coefficient (Wildman–Crippen LogP) is 3.64. The molecule has 0 saturated heterocycles. The molecule has 1 aliphatic heterocycles. The van der Waals surface area contributed by atoms with Gasteiger partial charge in [-0.2, -0.15) is 0 Å². The Morgan fingerprint density at radius 2 is 1.64 bits per heavy atom. The minimum Gasteiger partial charge on any atom is -0.478 e. The maximum atomic E-state index is 12.7. The smallest absolute Gasteiger partial charge is 0.337 e. The molecular formula is C20H17IN2O5. The van der Waals surface area contributed by atoms with Crippen LogP contribution in [-0.2, 0) is 0 Å². The molecule has 8 heteroatoms. The lowest BCUT2D eigenvalue weighted by molar-refractivity contribution is 0.0506. The van der Waals surface area contributed by atoms with E-state index in [1.54, 1.807) is 26.8 Å². The van der Waals surface area contributed by atoms with Crippen LogP contribution in [0.5, 0.6) is 0 Å². The highest BCUT2D eigenvalue weighted by atomic mass is 127. The van der Waals surface area contributed by atoms with Crippen molar-refractivity contribution >= 4 is 52.0 Å². The monoisotopic (exact) mass is 492 g/mol. The first kappa shape index (κ1) is 20.0. The summed E-state index contributed by atoms with van der Waals surface area (Å²) in [4.78, 5) is 50.4. The number of benzene rings is 2. The standard InChI is InChI=1S/C20H17IN2O5/c1-20(2,3)23-17(25)12-6-4-10(8-13(12)18(23)26)16(24)22-15-7-5-11(21)9-14(15)19(27)28/h4-9H,1-3H3,(H,22,24)(H,27,28). The van der Waals surface area contributed by atoms with Crippen molar-refractivity contribution in [3.8, 4) is 0 Å². The molecule has 0 aliphatic carbocycles. The molecule has 2 aromatic rings. The Bertz CT molecular complexity index is 1040. The average Bonchev–Trinajstić information content (AvgIpc) is 2.86. The van der Waals surface area contributed by atoms with Crippen molar-refractivity contribution in [1.29, 1.82) is 0 Å². The number of rotatable bonds is 3. The maximum absolute atomic E-state index is 12.7. The second kappa shape index (κ2) is 7.01. The van der Waals surface area contributed by atoms with E-state index in [4.69, 9.17) is 0 Å². The van der Waals surface area contributed by atoms with Gasteiger partial charge in [0, 0.05) is 14.7 Å². The first-order valence-corrected chi connectivity index (χ1v) is 9.45. The Labute approximate surface area is 174 Å². The number of anilines is 1. The van der Waals surface area contributed by atoms with Crippen molar-refractivity contribution in [3.05, 3.63) is 62.2 Å². The third-order valence-electron chi connectivity index (χ3n) is 4.28. The van der Waals surface area contributed by atoms with Crippen LogP contribution in [0, 0.1) is 3.57 Å². The number of imide groups is 1. The van der Waals surface area contributed by atoms with Crippen LogP contribution in [0.15, 0.2) is 36.4 Å². The second-order valence-electron chi connectivity index (χ2n) is 7.33. The number of carboxylic acids is 1. The Balaban J connectivity index is 1.93. The normalized spacial score (nSPS) is 13.5. The first-order valence-electron chi connectivity index (χ1n) is 8.38. The molecule has 2 N–H and O–H groups in total. The molecule has 7 nitrogen and oxygen atoms in total. The van der Waals surface area contributed by atoms with Gasteiger partial charge >= 0.3 is 5.97 Å². The van der Waals surface area contributed by atoms with Crippen molar-refractivity contribution in [2.75, 3.05) is 5.32 Å². The number of nitrogens with zero attached hydrogens (tertiary/aromatic N) is 1. The zero-order valence-electron chi connectivity index (χ0n) is 15.4. The summed E-state index contributed by atoms with van der Waals surface area (Å²) in [6.45, 7) is 5.27. The van der Waals surface area contributed by atoms with E-state index in [-0.39, 0.29) is 27.9 Å². The molecule has 0 atom stereocenters. The van der Waals surface area contributed by atoms with Gasteiger partial charge in [0.15, 0.2) is 0 Å². The highest BCUT2D eigenvalue weighted by Crippen LogP contribution is 2.30. The number of hydrogen-bond acceptors (Lipinski definition) is 4. The minimum atomic E-state index is -1.16. The third-order valence-corrected chi connectivity index (χ3v) is 4.95. The molecule has 0 saturated carbocycles. The quantitative estimate of drug-likeness (QED) is 0.503. The number of halogens is 1. The molecular weight excluding hydrogens is 475 g/mol. The molecule has 0 radical (unpaired) electrons. The van der Waals surface area contributed by atoms with Gasteiger partial charge in [-0.15, -0.1) is 0 Å². The molecule has 0 bridgehead atoms. The molecule has 1 heterocycles. The van der Waals surface area contributed by atoms with Crippen molar-refractivity contribution in [3.63, 3.8) is 0 Å². The van der Waals surface area contributed by atoms with Crippen molar-refractivity contribution in [2.24, 2.45) is 0 Å². The van der Waals surface area contributed by atoms with Gasteiger partial charge in [0.1, 0.15) is 0 Å². The highest BCUT2D eigenvalue weighted by molar-refractivity contribution is 14.1. The van der Waals surface area contributed by atoms with Gasteiger partial charge in [-0.1, -0.05) is 0 Å². The summed E-state index contributed by atoms with van der Waals surface area (Å²) in [5, 5.41) is 11.9. The van der Waals surface area contributed by atoms with Gasteiger partial charge < -0.3 is 10.4 Å². The van der Waals surface area contributed by atoms with E-state index in [1.807, 2.05) is 22.6 Å². The molecule has 0 spiro atoms. The Kier molecular flexibility index (Phi) is 5.00. The van der Waals surface area contributed by atoms with Crippen molar-refractivity contribution in [2.45, 2.75) is 26.3 Å². The van der Waals surface area contributed by atoms with Crippen LogP contribution in [0.25, 0.3) is 0 Å². The van der Waals surface area contributed by atoms with Crippen LogP contribution in [0.4, 0.5) is 5.69 Å². The molecule has 144 valence electrons. The first-order chi connectivity index (χ1) is 13.0. The van der Waals surface area contributed by atoms with Crippen LogP contribution >= 0.6 is 22.6 Å². The second-order valence-corrected chi connectivity index (χ2v) is 8.57. The number of nitrogens with one attached hydrogen (secondary N) is 1. The molecule has 3 rings (SSSR count). The van der Waals surface area contributed by atoms with Gasteiger partial charge in [-0.05, 0) is 79.8 Å². The van der Waals surface area contributed by atoms with E-state index in [0.29, 0.717) is 0 Å². The summed E-state index contributed by atoms with van der Waals surface area (Å²) in [5.74, 6) is -2.58. The van der Waals surface area contributed by atoms with Gasteiger partial charge in [0.05, 0.1) is 22.4 Å². The lowest BCUT2D eigenvalue weighted by atomic mass is 10.0. The van der Waals surface area contributed by atoms with Crippen LogP contribution in [0.3, 0.4) is 0 Å². The maximum Gasteiger partial charge on any atom is 0.337 e. The summed E-state index contributed by atoms with van der Waals surface area (Å²) in [7, 11) is 0. The fraction of sp³-hybridized carbons (Fsp3) is 0.200. The van der Waals surface area contributed by atoms with Gasteiger partial charge in [-0.25, -0.2) is 4.79 Å². The van der Waals surface area contributed by atoms with E-state index < -0.39 is 29.2 Å². The van der Waals surface area contributed by atoms with E-state index in [9.17, 15) is 24.3 Å². The fourth-order valence-corrected chi connectivity index (χ4v) is 3.48. The third kappa shape index (κ3) is 3.51. The molecule has 1 aliphatic rings. The van der Waals surface area contributed by atoms with E-state index >= 15 is 0 Å². The van der Waals surface area contributed by atoms with Crippen LogP contribution in [-0.4, -0.2) is 39.2 Å². The van der Waals surface area contributed by atoms with Crippen molar-refractivity contribution < 1.29 is 24.3 Å². The summed E-state index contributed by atoms with van der Waals surface area (Å²) >= 11 is 1.98. The number of carbonyl (C=O) groups is 4. The Morgan fingerprint density at radius 1 is 1.00 bits per heavy atom. The average molecular weight is 492 g/mol. The lowest BCUT2D eigenvalue weighted by Gasteiger charge is -2.29. The molecule has 2 aromatic carbocycles. The van der Waals surface area contributed by atoms with Crippen molar-refractivity contribution in [1.82, 2.24) is 4.90 Å². The summed E-state index contributed by atoms with van der Waals surface area (Å²) in [6, 6.07) is 8.89. The van der Waals surface area contributed by atoms with Gasteiger partial charge in [-0.3, -0.25) is 19.3 Å². The Hall–Kier alpha value is -2.75. The SMILES string of the molecule is CC(C)(C)N1C(=O)c2ccc(C(=O)Nc3ccc(I)cc3C(=O)O)cc2C1=O. The lowest BCUT2D eigenvalue weighted by Crippen LogP contribution is -2.45. The number of aromatic carboxylic acids is 1. The van der Waals surface area contributed by atoms with Crippen LogP contribution in [0.2, 0.25) is 0 Å². The zero-order chi connectivity index (χ0) is 20.8. The van der Waals surface area contributed by atoms with E-state index in [1.165, 1.54) is 35.2 Å². The minimum absolute atomic E-state index is 0.0356. The summed E-state index contributed by atoms with van der Waals surface area (Å²) < 4.78 is 0.719. The number of amides is 3. The van der Waals surface area contributed by atoms with E-state index in [0.717, 1.165) is 3.57 Å². The molecule has 0 fully saturated rings. The number of carboxylic acid groups (broad SMARTS) is 1. The van der Waals surface area contributed by atoms with Gasteiger partial charge in [0.2, 0.25) is 0 Å². The zero-order valence-corrected chi connectivity index (χ0v) is 17.5. The molecule has 3 amide bonds.